The summed E-state index contributed by atoms with van der Waals surface area (Å²) in [5, 5.41) is 12.7. The lowest BCUT2D eigenvalue weighted by atomic mass is 10.2. The van der Waals surface area contributed by atoms with Crippen LogP contribution in [-0.2, 0) is 20.2 Å². The van der Waals surface area contributed by atoms with Gasteiger partial charge in [-0.1, -0.05) is 36.4 Å². The van der Waals surface area contributed by atoms with Crippen LogP contribution in [0.25, 0.3) is 20.2 Å². The van der Waals surface area contributed by atoms with Gasteiger partial charge in [-0.15, -0.1) is 22.7 Å². The zero-order chi connectivity index (χ0) is 31.5. The van der Waals surface area contributed by atoms with Gasteiger partial charge in [-0.3, -0.25) is 4.79 Å². The second kappa shape index (κ2) is 12.8. The van der Waals surface area contributed by atoms with Crippen molar-refractivity contribution in [3.63, 3.8) is 0 Å². The van der Waals surface area contributed by atoms with Crippen molar-refractivity contribution in [1.82, 2.24) is 0 Å². The summed E-state index contributed by atoms with van der Waals surface area (Å²) in [7, 11) is -7.85. The van der Waals surface area contributed by atoms with Gasteiger partial charge in [0.2, 0.25) is 0 Å². The lowest BCUT2D eigenvalue weighted by Gasteiger charge is -2.07. The lowest BCUT2D eigenvalue weighted by molar-refractivity contribution is 0.0699. The minimum absolute atomic E-state index is 0.0406. The third kappa shape index (κ3) is 6.93. The number of hydrogen-bond acceptors (Lipinski definition) is 10. The standard InChI is InChI=1S/C15H9ClO4S2.C15H10O5S2/c2*16-15(17)13-9-21-14-7-6-10(8-12(13)14)20-22(18,19)11-4-2-1-3-5-11/h1-9H;1-9H,(H,16,17). The second-order valence-electron chi connectivity index (χ2n) is 8.89. The first-order chi connectivity index (χ1) is 20.9. The highest BCUT2D eigenvalue weighted by atomic mass is 35.5. The van der Waals surface area contributed by atoms with E-state index in [2.05, 4.69) is 0 Å². The first-order valence-corrected chi connectivity index (χ1v) is 17.3. The normalized spacial score (nSPS) is 11.5. The fraction of sp³-hybridized carbons (Fsp3) is 0. The van der Waals surface area contributed by atoms with E-state index in [9.17, 15) is 26.4 Å². The SMILES string of the molecule is O=C(Cl)c1csc2ccc(OS(=O)(=O)c3ccccc3)cc12.O=C(O)c1csc2ccc(OS(=O)(=O)c3ccccc3)cc12. The molecule has 6 rings (SSSR count). The van der Waals surface area contributed by atoms with Crippen LogP contribution in [0.5, 0.6) is 11.5 Å². The highest BCUT2D eigenvalue weighted by Gasteiger charge is 2.19. The predicted octanol–water partition coefficient (Wildman–Crippen LogP) is 7.42. The summed E-state index contributed by atoms with van der Waals surface area (Å²) in [5.41, 5.74) is 0.465. The number of halogens is 1. The molecular formula is C30H19ClO9S4. The molecule has 224 valence electrons. The van der Waals surface area contributed by atoms with Crippen molar-refractivity contribution >= 4 is 85.9 Å². The topological polar surface area (TPSA) is 141 Å². The van der Waals surface area contributed by atoms with Gasteiger partial charge in [-0.25, -0.2) is 4.79 Å². The molecule has 0 amide bonds. The van der Waals surface area contributed by atoms with E-state index >= 15 is 0 Å². The molecule has 0 fully saturated rings. The summed E-state index contributed by atoms with van der Waals surface area (Å²) < 4.78 is 60.5. The molecule has 0 aliphatic rings. The van der Waals surface area contributed by atoms with Crippen molar-refractivity contribution < 1.29 is 39.9 Å². The Morgan fingerprint density at radius 2 is 1.02 bits per heavy atom. The predicted molar refractivity (Wildman–Crippen MR) is 169 cm³/mol. The molecule has 0 aliphatic heterocycles. The molecule has 0 saturated carbocycles. The zero-order valence-electron chi connectivity index (χ0n) is 22.1. The molecule has 6 aromatic rings. The molecule has 4 aromatic carbocycles. The molecule has 2 heterocycles. The number of benzene rings is 4. The number of thiophene rings is 2. The van der Waals surface area contributed by atoms with E-state index < -0.39 is 31.4 Å². The Morgan fingerprint density at radius 1 is 0.614 bits per heavy atom. The highest BCUT2D eigenvalue weighted by Crippen LogP contribution is 2.32. The van der Waals surface area contributed by atoms with Gasteiger partial charge < -0.3 is 13.5 Å². The van der Waals surface area contributed by atoms with E-state index in [1.165, 1.54) is 70.5 Å². The summed E-state index contributed by atoms with van der Waals surface area (Å²) in [6.45, 7) is 0. The number of carboxylic acids is 1. The van der Waals surface area contributed by atoms with E-state index in [-0.39, 0.29) is 26.9 Å². The van der Waals surface area contributed by atoms with Crippen LogP contribution in [0.3, 0.4) is 0 Å². The number of aromatic carboxylic acids is 1. The van der Waals surface area contributed by atoms with Gasteiger partial charge in [0.1, 0.15) is 21.3 Å². The zero-order valence-corrected chi connectivity index (χ0v) is 26.1. The summed E-state index contributed by atoms with van der Waals surface area (Å²) in [6, 6.07) is 24.9. The highest BCUT2D eigenvalue weighted by molar-refractivity contribution is 7.87. The average molecular weight is 687 g/mol. The molecule has 9 nitrogen and oxygen atoms in total. The van der Waals surface area contributed by atoms with E-state index in [0.717, 1.165) is 9.40 Å². The summed E-state index contributed by atoms with van der Waals surface area (Å²) in [5.74, 6) is -0.847. The van der Waals surface area contributed by atoms with Crippen LogP contribution in [0.4, 0.5) is 0 Å². The average Bonchev–Trinajstić information content (AvgIpc) is 3.62. The van der Waals surface area contributed by atoms with Crippen LogP contribution in [0.1, 0.15) is 20.7 Å². The number of carbonyl (C=O) groups is 2. The van der Waals surface area contributed by atoms with Crippen molar-refractivity contribution in [2.75, 3.05) is 0 Å². The van der Waals surface area contributed by atoms with E-state index in [4.69, 9.17) is 25.1 Å². The van der Waals surface area contributed by atoms with Crippen LogP contribution >= 0.6 is 34.3 Å². The van der Waals surface area contributed by atoms with Gasteiger partial charge in [0.05, 0.1) is 11.1 Å². The molecule has 0 bridgehead atoms. The van der Waals surface area contributed by atoms with Crippen molar-refractivity contribution in [2.24, 2.45) is 0 Å². The van der Waals surface area contributed by atoms with E-state index in [1.807, 2.05) is 0 Å². The Kier molecular flexibility index (Phi) is 9.04. The third-order valence-electron chi connectivity index (χ3n) is 6.01. The van der Waals surface area contributed by atoms with Gasteiger partial charge in [-0.2, -0.15) is 16.8 Å². The summed E-state index contributed by atoms with van der Waals surface area (Å²) in [6.07, 6.45) is 0. The Bertz CT molecular complexity index is 2050. The van der Waals surface area contributed by atoms with Crippen LogP contribution < -0.4 is 8.37 Å². The second-order valence-corrected chi connectivity index (χ2v) is 14.2. The van der Waals surface area contributed by atoms with Crippen LogP contribution in [0.15, 0.2) is 118 Å². The largest absolute Gasteiger partial charge is 0.478 e. The Hall–Kier alpha value is -4.27. The molecule has 0 saturated heterocycles. The van der Waals surface area contributed by atoms with Crippen LogP contribution in [-0.4, -0.2) is 33.2 Å². The van der Waals surface area contributed by atoms with Crippen LogP contribution in [0.2, 0.25) is 0 Å². The smallest absolute Gasteiger partial charge is 0.339 e. The maximum Gasteiger partial charge on any atom is 0.339 e. The summed E-state index contributed by atoms with van der Waals surface area (Å²) in [4.78, 5) is 22.6. The van der Waals surface area contributed by atoms with E-state index in [0.29, 0.717) is 16.3 Å². The monoisotopic (exact) mass is 686 g/mol. The van der Waals surface area contributed by atoms with Gasteiger partial charge >= 0.3 is 26.2 Å². The van der Waals surface area contributed by atoms with Crippen molar-refractivity contribution in [3.05, 3.63) is 119 Å². The van der Waals surface area contributed by atoms with E-state index in [1.54, 1.807) is 60.0 Å². The molecule has 44 heavy (non-hydrogen) atoms. The molecule has 0 unspecified atom stereocenters. The minimum Gasteiger partial charge on any atom is -0.478 e. The molecule has 2 aromatic heterocycles. The van der Waals surface area contributed by atoms with Crippen molar-refractivity contribution in [3.8, 4) is 11.5 Å². The van der Waals surface area contributed by atoms with Crippen LogP contribution in [0, 0.1) is 0 Å². The fourth-order valence-electron chi connectivity index (χ4n) is 3.96. The molecule has 0 aliphatic carbocycles. The van der Waals surface area contributed by atoms with Gasteiger partial charge in [-0.05, 0) is 72.3 Å². The third-order valence-corrected chi connectivity index (χ3v) is 10.7. The number of fused-ring (bicyclic) bond motifs is 2. The number of hydrogen-bond donors (Lipinski definition) is 1. The molecule has 0 radical (unpaired) electrons. The minimum atomic E-state index is -3.94. The molecule has 0 atom stereocenters. The lowest BCUT2D eigenvalue weighted by Crippen LogP contribution is -2.09. The number of rotatable bonds is 8. The van der Waals surface area contributed by atoms with Crippen molar-refractivity contribution in [2.45, 2.75) is 9.79 Å². The molecule has 1 N–H and O–H groups in total. The molecule has 0 spiro atoms. The van der Waals surface area contributed by atoms with Gasteiger partial charge in [0, 0.05) is 30.9 Å². The van der Waals surface area contributed by atoms with Crippen molar-refractivity contribution in [1.29, 1.82) is 0 Å². The maximum absolute atomic E-state index is 12.2. The summed E-state index contributed by atoms with van der Waals surface area (Å²) >= 11 is 8.15. The van der Waals surface area contributed by atoms with Gasteiger partial charge in [0.15, 0.2) is 0 Å². The Labute approximate surface area is 264 Å². The first kappa shape index (κ1) is 31.2. The Morgan fingerprint density at radius 3 is 1.43 bits per heavy atom. The maximum atomic E-state index is 12.2. The Balaban J connectivity index is 0.000000175. The fourth-order valence-corrected chi connectivity index (χ4v) is 7.91. The number of carboxylic acid groups (broad SMARTS) is 1. The molecule has 14 heteroatoms. The number of carbonyl (C=O) groups excluding carboxylic acids is 1. The quantitative estimate of drug-likeness (QED) is 0.128. The van der Waals surface area contributed by atoms with Gasteiger partial charge in [0.25, 0.3) is 5.24 Å². The molecular weight excluding hydrogens is 668 g/mol. The first-order valence-electron chi connectivity index (χ1n) is 12.4.